The molecule has 1 saturated heterocycles. The molecule has 0 aromatic carbocycles. The van der Waals surface area contributed by atoms with Crippen LogP contribution in [0.25, 0.3) is 27.7 Å². The first-order valence-corrected chi connectivity index (χ1v) is 11.0. The summed E-state index contributed by atoms with van der Waals surface area (Å²) in [6.07, 6.45) is 19.0. The number of aryl methyl sites for hydroxylation is 1. The van der Waals surface area contributed by atoms with E-state index in [2.05, 4.69) is 35.5 Å². The molecule has 2 N–H and O–H groups in total. The van der Waals surface area contributed by atoms with E-state index in [4.69, 9.17) is 5.73 Å². The number of rotatable bonds is 4. The molecule has 4 heterocycles. The predicted molar refractivity (Wildman–Crippen MR) is 124 cm³/mol. The van der Waals surface area contributed by atoms with E-state index >= 15 is 0 Å². The zero-order valence-electron chi connectivity index (χ0n) is 18.2. The van der Waals surface area contributed by atoms with Gasteiger partial charge in [0.1, 0.15) is 30.4 Å². The molecule has 5 rings (SSSR count). The maximum absolute atomic E-state index is 10.6. The molecule has 0 amide bonds. The van der Waals surface area contributed by atoms with E-state index in [1.807, 2.05) is 25.6 Å². The van der Waals surface area contributed by atoms with Crippen molar-refractivity contribution >= 4 is 28.7 Å². The van der Waals surface area contributed by atoms with E-state index in [0.717, 1.165) is 79.3 Å². The van der Waals surface area contributed by atoms with Crippen LogP contribution in [0.5, 0.6) is 0 Å². The fourth-order valence-electron chi connectivity index (χ4n) is 5.28. The molecule has 0 saturated carbocycles. The van der Waals surface area contributed by atoms with E-state index < -0.39 is 0 Å². The zero-order chi connectivity index (χ0) is 22.1. The van der Waals surface area contributed by atoms with Gasteiger partial charge in [0.15, 0.2) is 0 Å². The molecule has 3 aromatic heterocycles. The summed E-state index contributed by atoms with van der Waals surface area (Å²) in [4.78, 5) is 30.1. The maximum atomic E-state index is 10.6. The molecule has 0 radical (unpaired) electrons. The summed E-state index contributed by atoms with van der Waals surface area (Å²) in [5, 5.41) is 0.858. The fraction of sp³-hybridized carbons (Fsp3) is 0.375. The first kappa shape index (κ1) is 20.4. The minimum absolute atomic E-state index is 0.342. The van der Waals surface area contributed by atoms with Crippen LogP contribution in [0.4, 0.5) is 5.82 Å². The van der Waals surface area contributed by atoms with Crippen molar-refractivity contribution < 1.29 is 4.79 Å². The highest BCUT2D eigenvalue weighted by atomic mass is 16.1. The smallest absolute Gasteiger partial charge is 0.146 e. The van der Waals surface area contributed by atoms with Gasteiger partial charge in [0.25, 0.3) is 0 Å². The van der Waals surface area contributed by atoms with Crippen molar-refractivity contribution in [2.24, 2.45) is 12.5 Å². The SMILES string of the molecule is Cn1c(C2=CCC3(CC2)CCN(C=CC=O)CC3)c(-c2cncnc2)c2c(N)ncnc21. The second-order valence-corrected chi connectivity index (χ2v) is 8.81. The number of hydrogen-bond acceptors (Lipinski definition) is 7. The minimum Gasteiger partial charge on any atom is -0.383 e. The summed E-state index contributed by atoms with van der Waals surface area (Å²) < 4.78 is 2.13. The number of nitrogen functional groups attached to an aromatic ring is 1. The average molecular weight is 430 g/mol. The van der Waals surface area contributed by atoms with Crippen LogP contribution in [0.15, 0.2) is 43.4 Å². The van der Waals surface area contributed by atoms with E-state index in [9.17, 15) is 4.79 Å². The Labute approximate surface area is 186 Å². The normalized spacial score (nSPS) is 18.4. The Bertz CT molecular complexity index is 1200. The molecular weight excluding hydrogens is 402 g/mol. The summed E-state index contributed by atoms with van der Waals surface area (Å²) in [5.74, 6) is 0.472. The van der Waals surface area contributed by atoms with Crippen molar-refractivity contribution in [3.63, 3.8) is 0 Å². The molecule has 1 fully saturated rings. The van der Waals surface area contributed by atoms with E-state index in [-0.39, 0.29) is 0 Å². The topological polar surface area (TPSA) is 103 Å². The van der Waals surface area contributed by atoms with Gasteiger partial charge in [0.2, 0.25) is 0 Å². The van der Waals surface area contributed by atoms with Gasteiger partial charge in [-0.15, -0.1) is 0 Å². The first-order chi connectivity index (χ1) is 15.6. The van der Waals surface area contributed by atoms with Gasteiger partial charge in [-0.2, -0.15) is 0 Å². The number of aromatic nitrogens is 5. The highest BCUT2D eigenvalue weighted by Crippen LogP contribution is 2.48. The Kier molecular flexibility index (Phi) is 5.20. The van der Waals surface area contributed by atoms with Crippen molar-refractivity contribution in [1.82, 2.24) is 29.4 Å². The molecule has 0 atom stereocenters. The lowest BCUT2D eigenvalue weighted by Crippen LogP contribution is -2.38. The highest BCUT2D eigenvalue weighted by molar-refractivity contribution is 6.05. The van der Waals surface area contributed by atoms with Gasteiger partial charge >= 0.3 is 0 Å². The Morgan fingerprint density at radius 3 is 2.56 bits per heavy atom. The molecule has 8 nitrogen and oxygen atoms in total. The van der Waals surface area contributed by atoms with E-state index in [1.54, 1.807) is 6.08 Å². The predicted octanol–water partition coefficient (Wildman–Crippen LogP) is 3.37. The van der Waals surface area contributed by atoms with Crippen LogP contribution in [-0.4, -0.2) is 48.8 Å². The molecule has 2 aliphatic rings. The number of nitrogens with zero attached hydrogens (tertiary/aromatic N) is 6. The standard InChI is InChI=1S/C24H27N7O/c1-30-21(17-3-5-24(6-4-17)7-10-31(11-8-24)9-2-12-32)19(18-13-26-15-27-14-18)20-22(25)28-16-29-23(20)30/h2-3,9,12-16H,4-8,10-11H2,1H3,(H2,25,28,29). The third-order valence-corrected chi connectivity index (χ3v) is 7.09. The fourth-order valence-corrected chi connectivity index (χ4v) is 5.28. The van der Waals surface area contributed by atoms with Gasteiger partial charge in [-0.05, 0) is 49.2 Å². The van der Waals surface area contributed by atoms with Crippen molar-refractivity contribution in [1.29, 1.82) is 0 Å². The number of aldehydes is 1. The van der Waals surface area contributed by atoms with Crippen molar-refractivity contribution in [2.75, 3.05) is 18.8 Å². The second kappa shape index (κ2) is 8.18. The molecule has 1 spiro atoms. The number of likely N-dealkylation sites (tertiary alicyclic amines) is 1. The molecule has 32 heavy (non-hydrogen) atoms. The number of allylic oxidation sites excluding steroid dienone is 3. The van der Waals surface area contributed by atoms with Crippen LogP contribution in [0.3, 0.4) is 0 Å². The van der Waals surface area contributed by atoms with Gasteiger partial charge in [0, 0.05) is 49.9 Å². The summed E-state index contributed by atoms with van der Waals surface area (Å²) in [6.45, 7) is 2.00. The number of fused-ring (bicyclic) bond motifs is 1. The largest absolute Gasteiger partial charge is 0.383 e. The molecule has 8 heteroatoms. The number of carbonyl (C=O) groups is 1. The van der Waals surface area contributed by atoms with Crippen LogP contribution in [0.1, 0.15) is 37.8 Å². The third kappa shape index (κ3) is 3.45. The molecule has 3 aromatic rings. The van der Waals surface area contributed by atoms with Gasteiger partial charge < -0.3 is 15.2 Å². The number of anilines is 1. The Morgan fingerprint density at radius 2 is 1.88 bits per heavy atom. The van der Waals surface area contributed by atoms with Crippen LogP contribution in [-0.2, 0) is 11.8 Å². The number of piperidine rings is 1. The van der Waals surface area contributed by atoms with Crippen molar-refractivity contribution in [2.45, 2.75) is 32.1 Å². The highest BCUT2D eigenvalue weighted by Gasteiger charge is 2.36. The Hall–Kier alpha value is -3.55. The minimum atomic E-state index is 0.342. The van der Waals surface area contributed by atoms with Crippen LogP contribution in [0.2, 0.25) is 0 Å². The number of nitrogens with two attached hydrogens (primary N) is 1. The quantitative estimate of drug-likeness (QED) is 0.501. The second-order valence-electron chi connectivity index (χ2n) is 8.81. The third-order valence-electron chi connectivity index (χ3n) is 7.09. The monoisotopic (exact) mass is 429 g/mol. The lowest BCUT2D eigenvalue weighted by molar-refractivity contribution is -0.104. The van der Waals surface area contributed by atoms with Crippen molar-refractivity contribution in [3.8, 4) is 11.1 Å². The maximum Gasteiger partial charge on any atom is 0.146 e. The van der Waals surface area contributed by atoms with Crippen LogP contribution < -0.4 is 5.73 Å². The molecule has 0 bridgehead atoms. The molecule has 164 valence electrons. The van der Waals surface area contributed by atoms with E-state index in [0.29, 0.717) is 11.2 Å². The molecular formula is C24H27N7O. The van der Waals surface area contributed by atoms with Crippen LogP contribution >= 0.6 is 0 Å². The number of carbonyl (C=O) groups excluding carboxylic acids is 1. The van der Waals surface area contributed by atoms with Gasteiger partial charge in [-0.1, -0.05) is 6.08 Å². The van der Waals surface area contributed by atoms with Gasteiger partial charge in [-0.25, -0.2) is 19.9 Å². The Morgan fingerprint density at radius 1 is 1.09 bits per heavy atom. The summed E-state index contributed by atoms with van der Waals surface area (Å²) >= 11 is 0. The molecule has 0 unspecified atom stereocenters. The summed E-state index contributed by atoms with van der Waals surface area (Å²) in [6, 6.07) is 0. The van der Waals surface area contributed by atoms with Gasteiger partial charge in [0.05, 0.1) is 11.1 Å². The lowest BCUT2D eigenvalue weighted by atomic mass is 9.68. The number of hydrogen-bond donors (Lipinski definition) is 1. The Balaban J connectivity index is 1.51. The van der Waals surface area contributed by atoms with Crippen LogP contribution in [0, 0.1) is 5.41 Å². The summed E-state index contributed by atoms with van der Waals surface area (Å²) in [5.41, 5.74) is 11.9. The van der Waals surface area contributed by atoms with Crippen molar-refractivity contribution in [3.05, 3.63) is 49.1 Å². The molecule has 1 aliphatic carbocycles. The van der Waals surface area contributed by atoms with E-state index in [1.165, 1.54) is 18.2 Å². The summed E-state index contributed by atoms with van der Waals surface area (Å²) in [7, 11) is 2.04. The first-order valence-electron chi connectivity index (χ1n) is 11.0. The van der Waals surface area contributed by atoms with Gasteiger partial charge in [-0.3, -0.25) is 4.79 Å². The zero-order valence-corrected chi connectivity index (χ0v) is 18.2. The lowest BCUT2D eigenvalue weighted by Gasteiger charge is -2.43. The molecule has 1 aliphatic heterocycles. The average Bonchev–Trinajstić information content (AvgIpc) is 3.14.